The molecule has 0 saturated carbocycles. The van der Waals surface area contributed by atoms with Crippen molar-refractivity contribution in [2.24, 2.45) is 0 Å². The van der Waals surface area contributed by atoms with Crippen LogP contribution in [0.3, 0.4) is 0 Å². The van der Waals surface area contributed by atoms with Crippen LogP contribution in [0.15, 0.2) is 23.8 Å². The fourth-order valence-corrected chi connectivity index (χ4v) is 0.666. The summed E-state index contributed by atoms with van der Waals surface area (Å²) in [6.45, 7) is 2.13. The van der Waals surface area contributed by atoms with Crippen LogP contribution in [0.4, 0.5) is 0 Å². The largest absolute Gasteiger partial charge is 0.0933 e. The predicted molar refractivity (Wildman–Crippen MR) is 43.7 cm³/mol. The minimum atomic E-state index is 1.06. The van der Waals surface area contributed by atoms with Gasteiger partial charge < -0.3 is 0 Å². The fraction of sp³-hybridized carbons (Fsp3) is 0.500. The molecule has 0 aliphatic rings. The molecule has 0 unspecified atom stereocenters. The Labute approximate surface area is 62.2 Å². The number of rotatable bonds is 4. The highest BCUT2D eigenvalue weighted by Gasteiger charge is 1.73. The summed E-state index contributed by atoms with van der Waals surface area (Å²) in [7, 11) is 0. The molecule has 9 heavy (non-hydrogen) atoms. The molecule has 0 fully saturated rings. The van der Waals surface area contributed by atoms with Crippen LogP contribution in [0, 0.1) is 0 Å². The maximum Gasteiger partial charge on any atom is 0.000256 e. The molecule has 0 bridgehead atoms. The molecule has 0 radical (unpaired) electrons. The molecule has 0 aromatic rings. The zero-order chi connectivity index (χ0) is 6.95. The molecule has 0 aliphatic heterocycles. The summed E-state index contributed by atoms with van der Waals surface area (Å²) in [5.41, 5.74) is 1.57. The molecule has 0 aliphatic carbocycles. The monoisotopic (exact) mass is 144 g/mol. The van der Waals surface area contributed by atoms with E-state index in [1.807, 2.05) is 6.08 Å². The fourth-order valence-electron chi connectivity index (χ4n) is 0.540. The summed E-state index contributed by atoms with van der Waals surface area (Å²) in [6, 6.07) is 0. The molecular formula is C8H13Cl. The number of allylic oxidation sites excluding steroid dienone is 3. The molecule has 0 N–H and O–H groups in total. The molecule has 0 atom stereocenters. The highest BCUT2D eigenvalue weighted by Crippen LogP contribution is 1.94. The van der Waals surface area contributed by atoms with Crippen LogP contribution in [0.1, 0.15) is 26.2 Å². The highest BCUT2D eigenvalue weighted by molar-refractivity contribution is 6.25. The van der Waals surface area contributed by atoms with Crippen molar-refractivity contribution in [1.29, 1.82) is 0 Å². The van der Waals surface area contributed by atoms with Gasteiger partial charge in [-0.05, 0) is 19.3 Å². The van der Waals surface area contributed by atoms with Crippen molar-refractivity contribution in [2.75, 3.05) is 0 Å². The maximum atomic E-state index is 5.31. The van der Waals surface area contributed by atoms with Crippen molar-refractivity contribution in [1.82, 2.24) is 0 Å². The summed E-state index contributed by atoms with van der Waals surface area (Å²) < 4.78 is 0. The Morgan fingerprint density at radius 2 is 1.78 bits per heavy atom. The Morgan fingerprint density at radius 3 is 2.33 bits per heavy atom. The van der Waals surface area contributed by atoms with Crippen LogP contribution < -0.4 is 0 Å². The average molecular weight is 145 g/mol. The molecule has 0 heterocycles. The predicted octanol–water partition coefficient (Wildman–Crippen LogP) is 3.49. The van der Waals surface area contributed by atoms with Gasteiger partial charge in [-0.25, -0.2) is 0 Å². The van der Waals surface area contributed by atoms with E-state index in [4.69, 9.17) is 11.6 Å². The van der Waals surface area contributed by atoms with E-state index >= 15 is 0 Å². The maximum absolute atomic E-state index is 5.31. The highest BCUT2D eigenvalue weighted by atomic mass is 35.5. The Hall–Kier alpha value is -0.230. The Bertz CT molecular complexity index is 92.7. The second-order valence-corrected chi connectivity index (χ2v) is 2.07. The first-order valence-electron chi connectivity index (χ1n) is 3.32. The minimum absolute atomic E-state index is 1.06. The van der Waals surface area contributed by atoms with Gasteiger partial charge in [-0.15, -0.1) is 0 Å². The number of hydrogen-bond acceptors (Lipinski definition) is 0. The molecular weight excluding hydrogens is 132 g/mol. The number of hydrogen-bond donors (Lipinski definition) is 0. The van der Waals surface area contributed by atoms with Crippen LogP contribution in [-0.4, -0.2) is 0 Å². The Morgan fingerprint density at radius 1 is 1.11 bits per heavy atom. The SMILES string of the molecule is CCC=CCCC=CCl. The quantitative estimate of drug-likeness (QED) is 0.419. The van der Waals surface area contributed by atoms with Crippen molar-refractivity contribution >= 4 is 11.6 Å². The van der Waals surface area contributed by atoms with Crippen LogP contribution in [0.5, 0.6) is 0 Å². The van der Waals surface area contributed by atoms with Gasteiger partial charge in [0.15, 0.2) is 0 Å². The molecule has 0 saturated heterocycles. The molecule has 0 rings (SSSR count). The van der Waals surface area contributed by atoms with Gasteiger partial charge in [0.05, 0.1) is 0 Å². The van der Waals surface area contributed by atoms with Gasteiger partial charge >= 0.3 is 0 Å². The summed E-state index contributed by atoms with van der Waals surface area (Å²) in [4.78, 5) is 0. The summed E-state index contributed by atoms with van der Waals surface area (Å²) in [6.07, 6.45) is 9.60. The van der Waals surface area contributed by atoms with Crippen LogP contribution in [-0.2, 0) is 0 Å². The van der Waals surface area contributed by atoms with Crippen LogP contribution in [0.25, 0.3) is 0 Å². The third-order valence-electron chi connectivity index (χ3n) is 0.991. The lowest BCUT2D eigenvalue weighted by atomic mass is 10.3. The zero-order valence-electron chi connectivity index (χ0n) is 5.81. The van der Waals surface area contributed by atoms with Gasteiger partial charge in [-0.3, -0.25) is 0 Å². The molecule has 0 aromatic heterocycles. The standard InChI is InChI=1S/C8H13Cl/c1-2-3-4-5-6-7-8-9/h3-4,7-8H,2,5-6H2,1H3. The van der Waals surface area contributed by atoms with E-state index in [0.717, 1.165) is 19.3 Å². The molecule has 0 nitrogen and oxygen atoms in total. The van der Waals surface area contributed by atoms with E-state index in [1.54, 1.807) is 5.54 Å². The third-order valence-corrected chi connectivity index (χ3v) is 1.17. The van der Waals surface area contributed by atoms with Crippen molar-refractivity contribution in [3.8, 4) is 0 Å². The smallest absolute Gasteiger partial charge is 0.000256 e. The summed E-state index contributed by atoms with van der Waals surface area (Å²) in [5.74, 6) is 0. The average Bonchev–Trinajstić information content (AvgIpc) is 1.89. The van der Waals surface area contributed by atoms with E-state index in [1.165, 1.54) is 0 Å². The molecule has 1 heteroatoms. The second-order valence-electron chi connectivity index (χ2n) is 1.82. The lowest BCUT2D eigenvalue weighted by molar-refractivity contribution is 1.04. The van der Waals surface area contributed by atoms with Crippen LogP contribution >= 0.6 is 11.6 Å². The lowest BCUT2D eigenvalue weighted by Crippen LogP contribution is -1.62. The van der Waals surface area contributed by atoms with Crippen molar-refractivity contribution < 1.29 is 0 Å². The Kier molecular flexibility index (Phi) is 7.57. The molecule has 0 spiro atoms. The normalized spacial score (nSPS) is 11.8. The number of halogens is 1. The van der Waals surface area contributed by atoms with E-state index < -0.39 is 0 Å². The van der Waals surface area contributed by atoms with Crippen LogP contribution in [0.2, 0.25) is 0 Å². The summed E-state index contributed by atoms with van der Waals surface area (Å²) in [5, 5.41) is 0. The first kappa shape index (κ1) is 8.77. The van der Waals surface area contributed by atoms with E-state index in [0.29, 0.717) is 0 Å². The molecule has 0 aromatic carbocycles. The lowest BCUT2D eigenvalue weighted by Gasteiger charge is -1.82. The van der Waals surface area contributed by atoms with Gasteiger partial charge in [0.25, 0.3) is 0 Å². The third kappa shape index (κ3) is 7.77. The first-order chi connectivity index (χ1) is 4.41. The zero-order valence-corrected chi connectivity index (χ0v) is 6.56. The van der Waals surface area contributed by atoms with Gasteiger partial charge in [0, 0.05) is 5.54 Å². The second kappa shape index (κ2) is 7.77. The minimum Gasteiger partial charge on any atom is -0.0933 e. The summed E-state index contributed by atoms with van der Waals surface area (Å²) >= 11 is 5.31. The molecule has 0 amide bonds. The van der Waals surface area contributed by atoms with Gasteiger partial charge in [0.2, 0.25) is 0 Å². The molecule has 52 valence electrons. The first-order valence-corrected chi connectivity index (χ1v) is 3.75. The van der Waals surface area contributed by atoms with E-state index in [2.05, 4.69) is 19.1 Å². The van der Waals surface area contributed by atoms with Crippen molar-refractivity contribution in [3.05, 3.63) is 23.8 Å². The van der Waals surface area contributed by atoms with Gasteiger partial charge in [0.1, 0.15) is 0 Å². The Balaban J connectivity index is 2.99. The van der Waals surface area contributed by atoms with Crippen molar-refractivity contribution in [3.63, 3.8) is 0 Å². The number of unbranched alkanes of at least 4 members (excludes halogenated alkanes) is 1. The van der Waals surface area contributed by atoms with Gasteiger partial charge in [-0.2, -0.15) is 0 Å². The van der Waals surface area contributed by atoms with Gasteiger partial charge in [-0.1, -0.05) is 36.8 Å². The topological polar surface area (TPSA) is 0 Å². The van der Waals surface area contributed by atoms with E-state index in [9.17, 15) is 0 Å². The van der Waals surface area contributed by atoms with E-state index in [-0.39, 0.29) is 0 Å². The van der Waals surface area contributed by atoms with Crippen molar-refractivity contribution in [2.45, 2.75) is 26.2 Å².